The Morgan fingerprint density at radius 3 is 2.25 bits per heavy atom. The molecule has 0 unspecified atom stereocenters. The number of carboxylic acid groups (broad SMARTS) is 1. The average Bonchev–Trinajstić information content (AvgIpc) is 3.07. The van der Waals surface area contributed by atoms with Crippen LogP contribution in [0.25, 0.3) is 0 Å². The molecule has 1 N–H and O–H groups in total. The maximum absolute atomic E-state index is 10.7. The average molecular weight is 239 g/mol. The van der Waals surface area contributed by atoms with Gasteiger partial charge >= 0.3 is 5.97 Å². The van der Waals surface area contributed by atoms with E-state index in [1.807, 2.05) is 11.8 Å². The van der Waals surface area contributed by atoms with Crippen molar-refractivity contribution >= 4 is 17.7 Å². The van der Waals surface area contributed by atoms with Gasteiger partial charge in [0.2, 0.25) is 0 Å². The molecule has 2 aliphatic carbocycles. The third-order valence-corrected chi connectivity index (χ3v) is 5.34. The summed E-state index contributed by atoms with van der Waals surface area (Å²) in [6.07, 6.45) is 5.49. The monoisotopic (exact) mass is 239 g/mol. The molecule has 88 valence electrons. The fraction of sp³-hybridized carbons (Fsp3) is 0.833. The van der Waals surface area contributed by atoms with Crippen molar-refractivity contribution in [3.05, 3.63) is 0 Å². The molecule has 0 bridgehead atoms. The first-order chi connectivity index (χ1) is 7.60. The van der Waals surface area contributed by atoms with Crippen molar-refractivity contribution in [3.63, 3.8) is 0 Å². The van der Waals surface area contributed by atoms with Gasteiger partial charge in [0.1, 0.15) is 0 Å². The topological polar surface area (TPSA) is 61.1 Å². The van der Waals surface area contributed by atoms with Gasteiger partial charge in [0, 0.05) is 6.42 Å². The van der Waals surface area contributed by atoms with Crippen molar-refractivity contribution in [2.45, 2.75) is 38.5 Å². The minimum Gasteiger partial charge on any atom is -0.481 e. The van der Waals surface area contributed by atoms with Crippen LogP contribution in [0.15, 0.2) is 0 Å². The standard InChI is InChI=1S/C12H17NO2S/c13-6-5-11(1-2-11)8-16-9-12(3-4-12)7-10(14)15/h1-5,7-9H2,(H,14,15). The normalized spacial score (nSPS) is 23.4. The molecule has 2 aliphatic rings. The first kappa shape index (κ1) is 11.8. The van der Waals surface area contributed by atoms with Crippen LogP contribution in [-0.2, 0) is 4.79 Å². The lowest BCUT2D eigenvalue weighted by Gasteiger charge is -2.15. The predicted octanol–water partition coefficient (Wildman–Crippen LogP) is 2.67. The van der Waals surface area contributed by atoms with E-state index >= 15 is 0 Å². The van der Waals surface area contributed by atoms with E-state index in [1.165, 1.54) is 12.8 Å². The Kier molecular flexibility index (Phi) is 3.16. The summed E-state index contributed by atoms with van der Waals surface area (Å²) in [4.78, 5) is 10.7. The Hall–Kier alpha value is -0.690. The number of aliphatic carboxylic acids is 1. The predicted molar refractivity (Wildman–Crippen MR) is 63.1 cm³/mol. The number of carbonyl (C=O) groups is 1. The number of hydrogen-bond donors (Lipinski definition) is 1. The minimum atomic E-state index is -0.670. The molecule has 4 heteroatoms. The second kappa shape index (κ2) is 4.29. The molecular formula is C12H17NO2S. The van der Waals surface area contributed by atoms with Crippen LogP contribution in [0.4, 0.5) is 0 Å². The molecule has 0 aromatic rings. The van der Waals surface area contributed by atoms with Crippen LogP contribution < -0.4 is 0 Å². The van der Waals surface area contributed by atoms with Crippen LogP contribution in [0, 0.1) is 22.2 Å². The fourth-order valence-electron chi connectivity index (χ4n) is 2.07. The number of carboxylic acids is 1. The molecule has 2 rings (SSSR count). The van der Waals surface area contributed by atoms with E-state index in [9.17, 15) is 4.79 Å². The lowest BCUT2D eigenvalue weighted by atomic mass is 10.1. The second-order valence-electron chi connectivity index (χ2n) is 5.40. The van der Waals surface area contributed by atoms with Gasteiger partial charge in [-0.05, 0) is 48.0 Å². The SMILES string of the molecule is N#CCC1(CSCC2(CC(=O)O)CC2)CC1. The molecule has 0 aromatic carbocycles. The zero-order chi connectivity index (χ0) is 11.6. The Bertz CT molecular complexity index is 326. The molecule has 0 aromatic heterocycles. The summed E-state index contributed by atoms with van der Waals surface area (Å²) >= 11 is 1.86. The lowest BCUT2D eigenvalue weighted by molar-refractivity contribution is -0.138. The first-order valence-corrected chi connectivity index (χ1v) is 6.92. The van der Waals surface area contributed by atoms with Crippen molar-refractivity contribution in [1.82, 2.24) is 0 Å². The van der Waals surface area contributed by atoms with Gasteiger partial charge in [-0.25, -0.2) is 0 Å². The Morgan fingerprint density at radius 2 is 1.81 bits per heavy atom. The highest BCUT2D eigenvalue weighted by Crippen LogP contribution is 2.55. The summed E-state index contributed by atoms with van der Waals surface area (Å²) < 4.78 is 0. The Balaban J connectivity index is 1.69. The lowest BCUT2D eigenvalue weighted by Crippen LogP contribution is -2.13. The molecule has 0 aliphatic heterocycles. The molecule has 0 saturated heterocycles. The van der Waals surface area contributed by atoms with Crippen LogP contribution in [0.2, 0.25) is 0 Å². The van der Waals surface area contributed by atoms with Crippen LogP contribution in [0.1, 0.15) is 38.5 Å². The van der Waals surface area contributed by atoms with Gasteiger partial charge in [-0.2, -0.15) is 17.0 Å². The fourth-order valence-corrected chi connectivity index (χ4v) is 3.82. The second-order valence-corrected chi connectivity index (χ2v) is 6.38. The third kappa shape index (κ3) is 2.91. The van der Waals surface area contributed by atoms with E-state index in [0.717, 1.165) is 24.3 Å². The minimum absolute atomic E-state index is 0.0965. The summed E-state index contributed by atoms with van der Waals surface area (Å²) in [5.41, 5.74) is 0.387. The number of thioether (sulfide) groups is 1. The molecule has 2 saturated carbocycles. The molecular weight excluding hydrogens is 222 g/mol. The molecule has 0 amide bonds. The van der Waals surface area contributed by atoms with Crippen molar-refractivity contribution in [3.8, 4) is 6.07 Å². The molecule has 2 fully saturated rings. The molecule has 0 atom stereocenters. The third-order valence-electron chi connectivity index (χ3n) is 3.71. The molecule has 0 spiro atoms. The summed E-state index contributed by atoms with van der Waals surface area (Å²) in [6, 6.07) is 2.26. The van der Waals surface area contributed by atoms with Crippen LogP contribution in [0.3, 0.4) is 0 Å². The van der Waals surface area contributed by atoms with Gasteiger partial charge in [0.15, 0.2) is 0 Å². The molecule has 0 radical (unpaired) electrons. The summed E-state index contributed by atoms with van der Waals surface area (Å²) in [7, 11) is 0. The van der Waals surface area contributed by atoms with E-state index in [2.05, 4.69) is 6.07 Å². The Labute approximate surface area is 100 Å². The van der Waals surface area contributed by atoms with Crippen LogP contribution >= 0.6 is 11.8 Å². The molecule has 3 nitrogen and oxygen atoms in total. The maximum atomic E-state index is 10.7. The van der Waals surface area contributed by atoms with Crippen LogP contribution in [0.5, 0.6) is 0 Å². The summed E-state index contributed by atoms with van der Waals surface area (Å²) in [5.74, 6) is 1.34. The quantitative estimate of drug-likeness (QED) is 0.742. The largest absolute Gasteiger partial charge is 0.481 e. The van der Waals surface area contributed by atoms with Crippen molar-refractivity contribution < 1.29 is 9.90 Å². The van der Waals surface area contributed by atoms with E-state index in [0.29, 0.717) is 18.3 Å². The number of hydrogen-bond acceptors (Lipinski definition) is 3. The van der Waals surface area contributed by atoms with E-state index in [1.54, 1.807) is 0 Å². The van der Waals surface area contributed by atoms with Crippen LogP contribution in [-0.4, -0.2) is 22.6 Å². The van der Waals surface area contributed by atoms with Crippen molar-refractivity contribution in [2.24, 2.45) is 10.8 Å². The highest BCUT2D eigenvalue weighted by atomic mass is 32.2. The summed E-state index contributed by atoms with van der Waals surface area (Å²) in [6.45, 7) is 0. The number of nitriles is 1. The van der Waals surface area contributed by atoms with Gasteiger partial charge < -0.3 is 5.11 Å². The van der Waals surface area contributed by atoms with Crippen molar-refractivity contribution in [1.29, 1.82) is 5.26 Å². The zero-order valence-corrected chi connectivity index (χ0v) is 10.2. The Morgan fingerprint density at radius 1 is 1.25 bits per heavy atom. The highest BCUT2D eigenvalue weighted by molar-refractivity contribution is 7.99. The van der Waals surface area contributed by atoms with Gasteiger partial charge in [0.05, 0.1) is 12.5 Å². The van der Waals surface area contributed by atoms with Gasteiger partial charge in [-0.3, -0.25) is 4.79 Å². The highest BCUT2D eigenvalue weighted by Gasteiger charge is 2.46. The van der Waals surface area contributed by atoms with E-state index < -0.39 is 5.97 Å². The smallest absolute Gasteiger partial charge is 0.303 e. The van der Waals surface area contributed by atoms with Crippen molar-refractivity contribution in [2.75, 3.05) is 11.5 Å². The number of nitrogens with zero attached hydrogens (tertiary/aromatic N) is 1. The number of rotatable bonds is 7. The van der Waals surface area contributed by atoms with Gasteiger partial charge in [-0.15, -0.1) is 0 Å². The van der Waals surface area contributed by atoms with E-state index in [4.69, 9.17) is 10.4 Å². The van der Waals surface area contributed by atoms with Gasteiger partial charge in [0.25, 0.3) is 0 Å². The molecule has 0 heterocycles. The maximum Gasteiger partial charge on any atom is 0.303 e. The molecule has 16 heavy (non-hydrogen) atoms. The van der Waals surface area contributed by atoms with Gasteiger partial charge in [-0.1, -0.05) is 0 Å². The zero-order valence-electron chi connectivity index (χ0n) is 9.37. The first-order valence-electron chi connectivity index (χ1n) is 5.76. The van der Waals surface area contributed by atoms with E-state index in [-0.39, 0.29) is 5.41 Å². The summed E-state index contributed by atoms with van der Waals surface area (Å²) in [5, 5.41) is 17.5.